The molecule has 0 aliphatic rings. The summed E-state index contributed by atoms with van der Waals surface area (Å²) in [7, 11) is 0. The second-order valence-corrected chi connectivity index (χ2v) is 10.4. The van der Waals surface area contributed by atoms with Crippen LogP contribution in [0.25, 0.3) is 0 Å². The number of anilines is 2. The Hall–Kier alpha value is -4.82. The molecule has 2 amide bonds. The van der Waals surface area contributed by atoms with Crippen molar-refractivity contribution in [1.29, 1.82) is 0 Å². The molecule has 0 saturated heterocycles. The summed E-state index contributed by atoms with van der Waals surface area (Å²) in [5, 5.41) is 5.81. The van der Waals surface area contributed by atoms with Gasteiger partial charge in [0.1, 0.15) is 18.1 Å². The van der Waals surface area contributed by atoms with Gasteiger partial charge in [0.05, 0.1) is 24.5 Å². The molecule has 0 saturated carbocycles. The van der Waals surface area contributed by atoms with E-state index in [4.69, 9.17) is 25.8 Å². The predicted octanol–water partition coefficient (Wildman–Crippen LogP) is 8.01. The number of rotatable bonds is 16. The Morgan fingerprint density at radius 1 is 0.711 bits per heavy atom. The molecule has 0 radical (unpaired) electrons. The Bertz CT molecular complexity index is 1580. The van der Waals surface area contributed by atoms with Crippen LogP contribution in [0.15, 0.2) is 97.1 Å². The number of hydrogen-bond acceptors (Lipinski definition) is 6. The molecule has 0 spiro atoms. The lowest BCUT2D eigenvalue weighted by atomic mass is 10.1. The van der Waals surface area contributed by atoms with Crippen LogP contribution in [0.4, 0.5) is 11.4 Å². The molecule has 0 aliphatic carbocycles. The van der Waals surface area contributed by atoms with Crippen LogP contribution in [0.1, 0.15) is 64.4 Å². The van der Waals surface area contributed by atoms with E-state index in [9.17, 15) is 14.4 Å². The lowest BCUT2D eigenvalue weighted by molar-refractivity contribution is -0.143. The van der Waals surface area contributed by atoms with Gasteiger partial charge in [-0.2, -0.15) is 0 Å². The maximum Gasteiger partial charge on any atom is 0.305 e. The fourth-order valence-corrected chi connectivity index (χ4v) is 4.79. The number of ether oxygens (including phenoxy) is 3. The maximum atomic E-state index is 13.3. The second-order valence-electron chi connectivity index (χ2n) is 10.1. The monoisotopic (exact) mass is 628 g/mol. The highest BCUT2D eigenvalue weighted by Gasteiger charge is 2.17. The van der Waals surface area contributed by atoms with Crippen LogP contribution in [0, 0.1) is 0 Å². The Kier molecular flexibility index (Phi) is 12.8. The average Bonchev–Trinajstić information content (AvgIpc) is 3.06. The van der Waals surface area contributed by atoms with Crippen molar-refractivity contribution in [1.82, 2.24) is 0 Å². The molecule has 45 heavy (non-hydrogen) atoms. The predicted molar refractivity (Wildman–Crippen MR) is 176 cm³/mol. The second kappa shape index (κ2) is 17.5. The van der Waals surface area contributed by atoms with E-state index in [0.717, 1.165) is 24.8 Å². The van der Waals surface area contributed by atoms with Crippen molar-refractivity contribution in [3.63, 3.8) is 0 Å². The lowest BCUT2D eigenvalue weighted by Gasteiger charge is -2.15. The first kappa shape index (κ1) is 33.1. The average molecular weight is 629 g/mol. The number of benzene rings is 4. The van der Waals surface area contributed by atoms with E-state index >= 15 is 0 Å². The molecule has 2 N–H and O–H groups in total. The molecule has 4 aromatic rings. The van der Waals surface area contributed by atoms with Crippen molar-refractivity contribution < 1.29 is 28.6 Å². The maximum absolute atomic E-state index is 13.3. The molecular weight excluding hydrogens is 592 g/mol. The van der Waals surface area contributed by atoms with Crippen LogP contribution < -0.4 is 20.1 Å². The quantitative estimate of drug-likeness (QED) is 0.0740. The Morgan fingerprint density at radius 2 is 1.42 bits per heavy atom. The molecule has 234 valence electrons. The van der Waals surface area contributed by atoms with Crippen molar-refractivity contribution in [3.8, 4) is 11.5 Å². The topological polar surface area (TPSA) is 103 Å². The molecule has 9 heteroatoms. The van der Waals surface area contributed by atoms with Gasteiger partial charge in [0.2, 0.25) is 0 Å². The van der Waals surface area contributed by atoms with E-state index in [1.807, 2.05) is 48.5 Å². The fraction of sp³-hybridized carbons (Fsp3) is 0.250. The SMILES string of the molecule is CCOC(=O)CCCCCOc1ccccc1NC(=O)c1ccc(NC(=O)c2ccccc2OCc2ccccc2)cc1CCl. The minimum Gasteiger partial charge on any atom is -0.491 e. The number of esters is 1. The number of halogens is 1. The molecule has 0 heterocycles. The number of nitrogens with one attached hydrogen (secondary N) is 2. The molecule has 4 aromatic carbocycles. The van der Waals surface area contributed by atoms with E-state index in [0.29, 0.717) is 65.8 Å². The van der Waals surface area contributed by atoms with Gasteiger partial charge in [-0.3, -0.25) is 14.4 Å². The van der Waals surface area contributed by atoms with Crippen molar-refractivity contribution in [2.24, 2.45) is 0 Å². The van der Waals surface area contributed by atoms with Gasteiger partial charge in [-0.05, 0) is 79.8 Å². The van der Waals surface area contributed by atoms with Gasteiger partial charge in [0, 0.05) is 23.6 Å². The van der Waals surface area contributed by atoms with Gasteiger partial charge in [0.25, 0.3) is 11.8 Å². The Labute approximate surface area is 268 Å². The molecule has 0 aromatic heterocycles. The van der Waals surface area contributed by atoms with Crippen molar-refractivity contribution >= 4 is 40.8 Å². The third-order valence-electron chi connectivity index (χ3n) is 6.84. The van der Waals surface area contributed by atoms with Gasteiger partial charge in [-0.25, -0.2) is 0 Å². The van der Waals surface area contributed by atoms with E-state index in [1.165, 1.54) is 0 Å². The normalized spacial score (nSPS) is 10.5. The van der Waals surface area contributed by atoms with Gasteiger partial charge < -0.3 is 24.8 Å². The summed E-state index contributed by atoms with van der Waals surface area (Å²) < 4.78 is 16.8. The highest BCUT2D eigenvalue weighted by molar-refractivity contribution is 6.18. The summed E-state index contributed by atoms with van der Waals surface area (Å²) in [6, 6.07) is 28.9. The molecule has 8 nitrogen and oxygen atoms in total. The first-order valence-electron chi connectivity index (χ1n) is 14.9. The smallest absolute Gasteiger partial charge is 0.305 e. The van der Waals surface area contributed by atoms with Crippen LogP contribution >= 0.6 is 11.6 Å². The van der Waals surface area contributed by atoms with Gasteiger partial charge in [-0.15, -0.1) is 11.6 Å². The number of carbonyl (C=O) groups is 3. The zero-order chi connectivity index (χ0) is 31.9. The Morgan fingerprint density at radius 3 is 2.20 bits per heavy atom. The van der Waals surface area contributed by atoms with Crippen molar-refractivity contribution in [3.05, 3.63) is 119 Å². The van der Waals surface area contributed by atoms with E-state index in [1.54, 1.807) is 55.5 Å². The molecule has 0 fully saturated rings. The fourth-order valence-electron chi connectivity index (χ4n) is 4.57. The summed E-state index contributed by atoms with van der Waals surface area (Å²) >= 11 is 6.24. The zero-order valence-electron chi connectivity index (χ0n) is 25.2. The lowest BCUT2D eigenvalue weighted by Crippen LogP contribution is -2.17. The number of hydrogen-bond donors (Lipinski definition) is 2. The van der Waals surface area contributed by atoms with Crippen LogP contribution in [-0.4, -0.2) is 31.0 Å². The number of para-hydroxylation sites is 3. The van der Waals surface area contributed by atoms with Gasteiger partial charge in [-0.1, -0.05) is 54.6 Å². The van der Waals surface area contributed by atoms with Crippen LogP contribution in [-0.2, 0) is 22.0 Å². The van der Waals surface area contributed by atoms with Crippen LogP contribution in [0.2, 0.25) is 0 Å². The van der Waals surface area contributed by atoms with E-state index in [-0.39, 0.29) is 23.7 Å². The number of amides is 2. The largest absolute Gasteiger partial charge is 0.491 e. The van der Waals surface area contributed by atoms with Crippen LogP contribution in [0.5, 0.6) is 11.5 Å². The molecular formula is C36H37ClN2O6. The molecule has 0 unspecified atom stereocenters. The Balaban J connectivity index is 1.35. The highest BCUT2D eigenvalue weighted by Crippen LogP contribution is 2.27. The number of carbonyl (C=O) groups excluding carboxylic acids is 3. The summed E-state index contributed by atoms with van der Waals surface area (Å²) in [6.07, 6.45) is 2.70. The minimum atomic E-state index is -0.353. The van der Waals surface area contributed by atoms with Gasteiger partial charge in [0.15, 0.2) is 0 Å². The first-order chi connectivity index (χ1) is 22.0. The molecule has 0 bridgehead atoms. The van der Waals surface area contributed by atoms with E-state index < -0.39 is 0 Å². The highest BCUT2D eigenvalue weighted by atomic mass is 35.5. The summed E-state index contributed by atoms with van der Waals surface area (Å²) in [6.45, 7) is 2.95. The summed E-state index contributed by atoms with van der Waals surface area (Å²) in [5.41, 5.74) is 3.34. The zero-order valence-corrected chi connectivity index (χ0v) is 26.0. The standard InChI is InChI=1S/C36H37ClN2O6/c1-2-43-34(40)19-7-4-12-22-44-33-18-11-9-16-31(33)39-35(41)29-21-20-28(23-27(29)24-37)38-36(42)30-15-8-10-17-32(30)45-25-26-13-5-3-6-14-26/h3,5-6,8-11,13-18,20-21,23H,2,4,7,12,19,22,24-25H2,1H3,(H,38,42)(H,39,41). The number of alkyl halides is 1. The first-order valence-corrected chi connectivity index (χ1v) is 15.5. The summed E-state index contributed by atoms with van der Waals surface area (Å²) in [5.74, 6) is 0.183. The molecule has 0 atom stereocenters. The van der Waals surface area contributed by atoms with Crippen molar-refractivity contribution in [2.45, 2.75) is 45.1 Å². The van der Waals surface area contributed by atoms with E-state index in [2.05, 4.69) is 10.6 Å². The van der Waals surface area contributed by atoms with Gasteiger partial charge >= 0.3 is 5.97 Å². The molecule has 0 aliphatic heterocycles. The third kappa shape index (κ3) is 10.1. The summed E-state index contributed by atoms with van der Waals surface area (Å²) in [4.78, 5) is 38.0. The number of unbranched alkanes of at least 4 members (excludes halogenated alkanes) is 2. The minimum absolute atomic E-state index is 0.0627. The third-order valence-corrected chi connectivity index (χ3v) is 7.13. The van der Waals surface area contributed by atoms with Crippen molar-refractivity contribution in [2.75, 3.05) is 23.8 Å². The van der Waals surface area contributed by atoms with Crippen LogP contribution in [0.3, 0.4) is 0 Å². The molecule has 4 rings (SSSR count).